The van der Waals surface area contributed by atoms with Crippen molar-refractivity contribution in [1.82, 2.24) is 15.0 Å². The Kier molecular flexibility index (Phi) is 8.04. The molecule has 1 aliphatic rings. The number of fused-ring (bicyclic) bond motifs is 3. The number of thiophene rings is 1. The van der Waals surface area contributed by atoms with Gasteiger partial charge in [0.15, 0.2) is 16.7 Å². The molecular weight excluding hydrogens is 532 g/mol. The minimum Gasteiger partial charge on any atom is -0.493 e. The number of ether oxygens (including phenoxy) is 2. The molecule has 39 heavy (non-hydrogen) atoms. The van der Waals surface area contributed by atoms with E-state index in [0.717, 1.165) is 58.3 Å². The van der Waals surface area contributed by atoms with Crippen molar-refractivity contribution in [2.45, 2.75) is 44.7 Å². The van der Waals surface area contributed by atoms with E-state index >= 15 is 0 Å². The summed E-state index contributed by atoms with van der Waals surface area (Å²) in [7, 11) is 3.15. The number of aromatic nitrogens is 2. The lowest BCUT2D eigenvalue weighted by Gasteiger charge is -2.13. The monoisotopic (exact) mass is 562 g/mol. The molecular formula is C29H30N4O4S2. The van der Waals surface area contributed by atoms with Gasteiger partial charge in [0.05, 0.1) is 36.8 Å². The van der Waals surface area contributed by atoms with E-state index in [-0.39, 0.29) is 17.2 Å². The molecule has 0 spiro atoms. The van der Waals surface area contributed by atoms with Gasteiger partial charge in [0, 0.05) is 10.4 Å². The van der Waals surface area contributed by atoms with E-state index in [4.69, 9.17) is 14.5 Å². The zero-order chi connectivity index (χ0) is 27.5. The van der Waals surface area contributed by atoms with Crippen molar-refractivity contribution in [3.63, 3.8) is 0 Å². The molecule has 0 radical (unpaired) electrons. The van der Waals surface area contributed by atoms with Gasteiger partial charge in [-0.05, 0) is 75.4 Å². The summed E-state index contributed by atoms with van der Waals surface area (Å²) >= 11 is 2.83. The second-order valence-electron chi connectivity index (χ2n) is 9.35. The maximum atomic E-state index is 13.9. The third-order valence-corrected chi connectivity index (χ3v) is 8.86. The van der Waals surface area contributed by atoms with Gasteiger partial charge in [0.1, 0.15) is 4.83 Å². The van der Waals surface area contributed by atoms with Gasteiger partial charge in [-0.3, -0.25) is 14.2 Å². The molecule has 2 heterocycles. The van der Waals surface area contributed by atoms with Crippen LogP contribution in [0.15, 0.2) is 57.5 Å². The van der Waals surface area contributed by atoms with Crippen molar-refractivity contribution in [3.8, 4) is 17.2 Å². The van der Waals surface area contributed by atoms with Crippen LogP contribution in [0.3, 0.4) is 0 Å². The topological polar surface area (TPSA) is 94.8 Å². The maximum Gasteiger partial charge on any atom is 0.267 e. The molecule has 8 nitrogen and oxygen atoms in total. The number of methoxy groups -OCH3 is 2. The largest absolute Gasteiger partial charge is 0.493 e. The van der Waals surface area contributed by atoms with Gasteiger partial charge in [-0.15, -0.1) is 11.3 Å². The lowest BCUT2D eigenvalue weighted by atomic mass is 9.97. The minimum atomic E-state index is -0.296. The number of carbonyl (C=O) groups is 1. The molecule has 0 fully saturated rings. The standard InChI is InChI=1S/C29H30N4O4S2/c1-17-9-12-20(13-10-17)33-28(35)26-21-7-5-6-8-24(21)39-27(26)30-29(33)38-16-25(34)32-31-18(2)19-11-14-22(36-3)23(15-19)37-4/h9-15H,5-8,16H2,1-4H3,(H,32,34). The van der Waals surface area contributed by atoms with Gasteiger partial charge in [-0.1, -0.05) is 29.5 Å². The van der Waals surface area contributed by atoms with Crippen LogP contribution in [0.2, 0.25) is 0 Å². The van der Waals surface area contributed by atoms with Crippen molar-refractivity contribution < 1.29 is 14.3 Å². The Balaban J connectivity index is 1.40. The number of aryl methyl sites for hydroxylation is 3. The zero-order valence-corrected chi connectivity index (χ0v) is 24.0. The third-order valence-electron chi connectivity index (χ3n) is 6.73. The molecule has 0 saturated heterocycles. The van der Waals surface area contributed by atoms with Crippen LogP contribution in [0.5, 0.6) is 11.5 Å². The fourth-order valence-electron chi connectivity index (χ4n) is 4.64. The molecule has 202 valence electrons. The Morgan fingerprint density at radius 3 is 2.59 bits per heavy atom. The second kappa shape index (κ2) is 11.6. The molecule has 4 aromatic rings. The summed E-state index contributed by atoms with van der Waals surface area (Å²) in [5.41, 5.74) is 6.94. The molecule has 2 aromatic heterocycles. The molecule has 1 N–H and O–H groups in total. The minimum absolute atomic E-state index is 0.0532. The first kappa shape index (κ1) is 27.0. The lowest BCUT2D eigenvalue weighted by molar-refractivity contribution is -0.118. The van der Waals surface area contributed by atoms with E-state index in [1.807, 2.05) is 37.3 Å². The lowest BCUT2D eigenvalue weighted by Crippen LogP contribution is -2.24. The molecule has 0 unspecified atom stereocenters. The van der Waals surface area contributed by atoms with Crippen molar-refractivity contribution in [2.24, 2.45) is 5.10 Å². The molecule has 0 atom stereocenters. The molecule has 0 bridgehead atoms. The van der Waals surface area contributed by atoms with Crippen LogP contribution in [0.1, 0.15) is 41.3 Å². The normalized spacial score (nSPS) is 13.3. The number of benzene rings is 2. The van der Waals surface area contributed by atoms with E-state index in [1.165, 1.54) is 16.6 Å². The van der Waals surface area contributed by atoms with Gasteiger partial charge < -0.3 is 9.47 Å². The first-order valence-electron chi connectivity index (χ1n) is 12.7. The highest BCUT2D eigenvalue weighted by Gasteiger charge is 2.23. The highest BCUT2D eigenvalue weighted by molar-refractivity contribution is 7.99. The van der Waals surface area contributed by atoms with Crippen LogP contribution < -0.4 is 20.5 Å². The Labute approximate surface area is 235 Å². The Morgan fingerprint density at radius 2 is 1.85 bits per heavy atom. The SMILES string of the molecule is COc1ccc(C(C)=NNC(=O)CSc2nc3sc4c(c3c(=O)n2-c2ccc(C)cc2)CCCC4)cc1OC. The van der Waals surface area contributed by atoms with Crippen molar-refractivity contribution in [1.29, 1.82) is 0 Å². The highest BCUT2D eigenvalue weighted by atomic mass is 32.2. The predicted molar refractivity (Wildman–Crippen MR) is 157 cm³/mol. The fraction of sp³-hybridized carbons (Fsp3) is 0.310. The second-order valence-corrected chi connectivity index (χ2v) is 11.4. The number of amides is 1. The molecule has 0 saturated carbocycles. The van der Waals surface area contributed by atoms with Gasteiger partial charge >= 0.3 is 0 Å². The van der Waals surface area contributed by atoms with Crippen LogP contribution in [0.25, 0.3) is 15.9 Å². The third kappa shape index (κ3) is 5.58. The van der Waals surface area contributed by atoms with Crippen LogP contribution >= 0.6 is 23.1 Å². The molecule has 1 amide bonds. The summed E-state index contributed by atoms with van der Waals surface area (Å²) in [6.45, 7) is 3.81. The highest BCUT2D eigenvalue weighted by Crippen LogP contribution is 2.35. The summed E-state index contributed by atoms with van der Waals surface area (Å²) in [5, 5.41) is 5.47. The predicted octanol–water partition coefficient (Wildman–Crippen LogP) is 5.28. The number of hydrogen-bond donors (Lipinski definition) is 1. The summed E-state index contributed by atoms with van der Waals surface area (Å²) < 4.78 is 12.3. The Hall–Kier alpha value is -3.63. The summed E-state index contributed by atoms with van der Waals surface area (Å²) in [6.07, 6.45) is 4.12. The molecule has 0 aliphatic heterocycles. The Bertz CT molecular complexity index is 1620. The quantitative estimate of drug-likeness (QED) is 0.136. The van der Waals surface area contributed by atoms with Gasteiger partial charge in [-0.2, -0.15) is 5.10 Å². The van der Waals surface area contributed by atoms with Crippen LogP contribution in [-0.2, 0) is 17.6 Å². The first-order chi connectivity index (χ1) is 18.9. The van der Waals surface area contributed by atoms with Crippen LogP contribution in [0, 0.1) is 6.92 Å². The van der Waals surface area contributed by atoms with Gasteiger partial charge in [-0.25, -0.2) is 10.4 Å². The fourth-order valence-corrected chi connectivity index (χ4v) is 6.75. The number of nitrogens with zero attached hydrogens (tertiary/aromatic N) is 3. The van der Waals surface area contributed by atoms with Crippen LogP contribution in [-0.4, -0.2) is 41.1 Å². The van der Waals surface area contributed by atoms with E-state index in [2.05, 4.69) is 10.5 Å². The number of thioether (sulfide) groups is 1. The number of carbonyl (C=O) groups excluding carboxylic acids is 1. The zero-order valence-electron chi connectivity index (χ0n) is 22.4. The van der Waals surface area contributed by atoms with Crippen molar-refractivity contribution in [3.05, 3.63) is 74.4 Å². The number of rotatable bonds is 8. The number of hydrogen-bond acceptors (Lipinski definition) is 8. The molecule has 10 heteroatoms. The van der Waals surface area contributed by atoms with E-state index < -0.39 is 0 Å². The average molecular weight is 563 g/mol. The van der Waals surface area contributed by atoms with Crippen molar-refractivity contribution in [2.75, 3.05) is 20.0 Å². The van der Waals surface area contributed by atoms with Crippen molar-refractivity contribution >= 4 is 44.9 Å². The number of nitrogens with one attached hydrogen (secondary N) is 1. The summed E-state index contributed by atoms with van der Waals surface area (Å²) in [5.74, 6) is 0.954. The molecule has 2 aromatic carbocycles. The smallest absolute Gasteiger partial charge is 0.267 e. The summed E-state index contributed by atoms with van der Waals surface area (Å²) in [6, 6.07) is 13.2. The number of hydrazone groups is 1. The van der Waals surface area contributed by atoms with Gasteiger partial charge in [0.25, 0.3) is 11.5 Å². The Morgan fingerprint density at radius 1 is 1.10 bits per heavy atom. The molecule has 5 rings (SSSR count). The average Bonchev–Trinajstić information content (AvgIpc) is 3.33. The van der Waals surface area contributed by atoms with E-state index in [9.17, 15) is 9.59 Å². The van der Waals surface area contributed by atoms with Gasteiger partial charge in [0.2, 0.25) is 0 Å². The van der Waals surface area contributed by atoms with E-state index in [0.29, 0.717) is 22.4 Å². The molecule has 1 aliphatic carbocycles. The maximum absolute atomic E-state index is 13.9. The first-order valence-corrected chi connectivity index (χ1v) is 14.5. The summed E-state index contributed by atoms with van der Waals surface area (Å²) in [4.78, 5) is 33.5. The van der Waals surface area contributed by atoms with Crippen LogP contribution in [0.4, 0.5) is 0 Å². The van der Waals surface area contributed by atoms with E-state index in [1.54, 1.807) is 49.2 Å².